The van der Waals surface area contributed by atoms with Crippen molar-refractivity contribution in [1.82, 2.24) is 0 Å². The van der Waals surface area contributed by atoms with Gasteiger partial charge in [0.05, 0.1) is 17.3 Å². The van der Waals surface area contributed by atoms with E-state index in [9.17, 15) is 5.11 Å². The van der Waals surface area contributed by atoms with Crippen LogP contribution in [0.5, 0.6) is 0 Å². The summed E-state index contributed by atoms with van der Waals surface area (Å²) in [5, 5.41) is 10.4. The zero-order chi connectivity index (χ0) is 16.4. The highest BCUT2D eigenvalue weighted by Crippen LogP contribution is 2.70. The summed E-state index contributed by atoms with van der Waals surface area (Å²) in [6.07, 6.45) is 9.17. The Morgan fingerprint density at radius 2 is 1.95 bits per heavy atom. The van der Waals surface area contributed by atoms with Crippen LogP contribution in [-0.4, -0.2) is 22.4 Å². The highest BCUT2D eigenvalue weighted by molar-refractivity contribution is 5.19. The summed E-state index contributed by atoms with van der Waals surface area (Å²) in [6.45, 7) is 15.4. The molecule has 2 nitrogen and oxygen atoms in total. The second kappa shape index (κ2) is 4.83. The van der Waals surface area contributed by atoms with E-state index >= 15 is 0 Å². The Balaban J connectivity index is 1.86. The Morgan fingerprint density at radius 1 is 1.27 bits per heavy atom. The van der Waals surface area contributed by atoms with Crippen molar-refractivity contribution in [1.29, 1.82) is 0 Å². The fraction of sp³-hybridized carbons (Fsp3) is 0.900. The fourth-order valence-corrected chi connectivity index (χ4v) is 5.80. The predicted octanol–water partition coefficient (Wildman–Crippen LogP) is 4.71. The smallest absolute Gasteiger partial charge is 0.0976 e. The van der Waals surface area contributed by atoms with Gasteiger partial charge in [-0.05, 0) is 69.6 Å². The second-order valence-electron chi connectivity index (χ2n) is 9.27. The normalized spacial score (nSPS) is 53.1. The van der Waals surface area contributed by atoms with Crippen LogP contribution in [0.15, 0.2) is 12.7 Å². The van der Waals surface area contributed by atoms with Gasteiger partial charge in [0.25, 0.3) is 0 Å². The maximum atomic E-state index is 10.4. The largest absolute Gasteiger partial charge is 0.386 e. The second-order valence-corrected chi connectivity index (χ2v) is 9.27. The molecule has 1 aliphatic heterocycles. The van der Waals surface area contributed by atoms with Crippen molar-refractivity contribution in [2.45, 2.75) is 90.4 Å². The molecule has 0 spiro atoms. The zero-order valence-electron chi connectivity index (χ0n) is 15.1. The van der Waals surface area contributed by atoms with Crippen molar-refractivity contribution in [2.75, 3.05) is 0 Å². The molecule has 2 aliphatic carbocycles. The van der Waals surface area contributed by atoms with Gasteiger partial charge >= 0.3 is 0 Å². The highest BCUT2D eigenvalue weighted by Gasteiger charge is 2.71. The van der Waals surface area contributed by atoms with Gasteiger partial charge in [-0.1, -0.05) is 26.8 Å². The lowest BCUT2D eigenvalue weighted by Gasteiger charge is -2.59. The number of rotatable bonds is 4. The van der Waals surface area contributed by atoms with Gasteiger partial charge in [0, 0.05) is 5.41 Å². The van der Waals surface area contributed by atoms with Crippen molar-refractivity contribution in [3.05, 3.63) is 12.7 Å². The van der Waals surface area contributed by atoms with Gasteiger partial charge in [-0.15, -0.1) is 6.58 Å². The molecule has 0 aromatic heterocycles. The summed E-state index contributed by atoms with van der Waals surface area (Å²) in [5.41, 5.74) is -0.0385. The molecule has 3 fully saturated rings. The Labute approximate surface area is 136 Å². The van der Waals surface area contributed by atoms with E-state index in [0.717, 1.165) is 12.8 Å². The van der Waals surface area contributed by atoms with Crippen LogP contribution in [0.4, 0.5) is 0 Å². The third kappa shape index (κ3) is 2.13. The first-order valence-corrected chi connectivity index (χ1v) is 9.13. The standard InChI is InChI=1S/C20H34O2/c1-7-17(3,21)12-13-18(4)14(2)10-11-19(5)15(18)8-9-16-20(19,6)22-16/h7,14-16,21H,1,8-13H2,2-6H3. The highest BCUT2D eigenvalue weighted by atomic mass is 16.6. The lowest BCUT2D eigenvalue weighted by Crippen LogP contribution is -2.56. The van der Waals surface area contributed by atoms with E-state index in [1.165, 1.54) is 25.7 Å². The average molecular weight is 306 g/mol. The maximum Gasteiger partial charge on any atom is 0.0976 e. The summed E-state index contributed by atoms with van der Waals surface area (Å²) < 4.78 is 6.17. The van der Waals surface area contributed by atoms with E-state index in [1.807, 2.05) is 6.92 Å². The summed E-state index contributed by atoms with van der Waals surface area (Å²) in [7, 11) is 0. The molecular formula is C20H34O2. The summed E-state index contributed by atoms with van der Waals surface area (Å²) in [6, 6.07) is 0. The summed E-state index contributed by atoms with van der Waals surface area (Å²) >= 11 is 0. The van der Waals surface area contributed by atoms with Gasteiger partial charge in [-0.2, -0.15) is 0 Å². The van der Waals surface area contributed by atoms with Crippen LogP contribution in [-0.2, 0) is 4.74 Å². The summed E-state index contributed by atoms with van der Waals surface area (Å²) in [4.78, 5) is 0. The van der Waals surface area contributed by atoms with Crippen molar-refractivity contribution in [3.63, 3.8) is 0 Å². The molecule has 7 unspecified atom stereocenters. The zero-order valence-corrected chi connectivity index (χ0v) is 15.1. The number of epoxide rings is 1. The van der Waals surface area contributed by atoms with Gasteiger partial charge in [0.2, 0.25) is 0 Å². The van der Waals surface area contributed by atoms with Crippen molar-refractivity contribution in [2.24, 2.45) is 22.7 Å². The molecule has 2 saturated carbocycles. The summed E-state index contributed by atoms with van der Waals surface area (Å²) in [5.74, 6) is 1.42. The molecule has 0 aromatic carbocycles. The maximum absolute atomic E-state index is 10.4. The molecule has 0 amide bonds. The number of hydrogen-bond donors (Lipinski definition) is 1. The molecule has 126 valence electrons. The third-order valence-corrected chi connectivity index (χ3v) is 8.19. The minimum atomic E-state index is -0.742. The molecule has 1 heterocycles. The molecule has 3 aliphatic rings. The number of ether oxygens (including phenoxy) is 1. The minimum Gasteiger partial charge on any atom is -0.386 e. The Hall–Kier alpha value is -0.340. The van der Waals surface area contributed by atoms with Gasteiger partial charge in [-0.3, -0.25) is 0 Å². The van der Waals surface area contributed by atoms with Gasteiger partial charge in [0.1, 0.15) is 0 Å². The van der Waals surface area contributed by atoms with Crippen LogP contribution < -0.4 is 0 Å². The molecule has 22 heavy (non-hydrogen) atoms. The van der Waals surface area contributed by atoms with E-state index in [0.29, 0.717) is 28.8 Å². The van der Waals surface area contributed by atoms with E-state index in [1.54, 1.807) is 6.08 Å². The Bertz CT molecular complexity index is 470. The fourth-order valence-electron chi connectivity index (χ4n) is 5.80. The van der Waals surface area contributed by atoms with Crippen LogP contribution in [0.2, 0.25) is 0 Å². The molecule has 0 aromatic rings. The lowest BCUT2D eigenvalue weighted by molar-refractivity contribution is -0.108. The van der Waals surface area contributed by atoms with Crippen LogP contribution in [0.1, 0.15) is 73.1 Å². The van der Waals surface area contributed by atoms with Crippen LogP contribution in [0, 0.1) is 22.7 Å². The SMILES string of the molecule is C=CC(C)(O)CCC1(C)C(C)CCC2(C)C1CCC1OC12C. The topological polar surface area (TPSA) is 32.8 Å². The average Bonchev–Trinajstić information content (AvgIpc) is 3.15. The Kier molecular flexibility index (Phi) is 3.63. The molecule has 3 rings (SSSR count). The van der Waals surface area contributed by atoms with E-state index in [-0.39, 0.29) is 5.60 Å². The molecule has 7 atom stereocenters. The lowest BCUT2D eigenvalue weighted by atomic mass is 9.44. The third-order valence-electron chi connectivity index (χ3n) is 8.19. The number of aliphatic hydroxyl groups is 1. The molecule has 0 radical (unpaired) electrons. The predicted molar refractivity (Wildman–Crippen MR) is 90.7 cm³/mol. The molecule has 1 N–H and O–H groups in total. The first kappa shape index (κ1) is 16.5. The minimum absolute atomic E-state index is 0.109. The monoisotopic (exact) mass is 306 g/mol. The van der Waals surface area contributed by atoms with Crippen LogP contribution in [0.3, 0.4) is 0 Å². The van der Waals surface area contributed by atoms with E-state index < -0.39 is 5.60 Å². The molecular weight excluding hydrogens is 272 g/mol. The first-order chi connectivity index (χ1) is 10.1. The van der Waals surface area contributed by atoms with Crippen molar-refractivity contribution in [3.8, 4) is 0 Å². The Morgan fingerprint density at radius 3 is 2.59 bits per heavy atom. The van der Waals surface area contributed by atoms with Gasteiger partial charge in [0.15, 0.2) is 0 Å². The van der Waals surface area contributed by atoms with E-state index in [2.05, 4.69) is 34.3 Å². The number of hydrogen-bond acceptors (Lipinski definition) is 2. The van der Waals surface area contributed by atoms with Crippen LogP contribution >= 0.6 is 0 Å². The van der Waals surface area contributed by atoms with Crippen molar-refractivity contribution >= 4 is 0 Å². The molecule has 2 heteroatoms. The quantitative estimate of drug-likeness (QED) is 0.602. The van der Waals surface area contributed by atoms with Gasteiger partial charge < -0.3 is 9.84 Å². The van der Waals surface area contributed by atoms with Crippen molar-refractivity contribution < 1.29 is 9.84 Å². The molecule has 1 saturated heterocycles. The number of fused-ring (bicyclic) bond motifs is 3. The van der Waals surface area contributed by atoms with E-state index in [4.69, 9.17) is 4.74 Å². The van der Waals surface area contributed by atoms with Crippen LogP contribution in [0.25, 0.3) is 0 Å². The first-order valence-electron chi connectivity index (χ1n) is 9.13. The molecule has 0 bridgehead atoms. The van der Waals surface area contributed by atoms with Gasteiger partial charge in [-0.25, -0.2) is 0 Å².